The number of amides is 1. The van der Waals surface area contributed by atoms with Gasteiger partial charge in [-0.3, -0.25) is 4.79 Å². The highest BCUT2D eigenvalue weighted by Crippen LogP contribution is 2.19. The van der Waals surface area contributed by atoms with Gasteiger partial charge >= 0.3 is 0 Å². The zero-order chi connectivity index (χ0) is 16.9. The van der Waals surface area contributed by atoms with E-state index in [1.807, 2.05) is 31.2 Å². The summed E-state index contributed by atoms with van der Waals surface area (Å²) in [5, 5.41) is 3.19. The van der Waals surface area contributed by atoms with Gasteiger partial charge in [-0.1, -0.05) is 0 Å². The Hall–Kier alpha value is -1.76. The summed E-state index contributed by atoms with van der Waals surface area (Å²) in [7, 11) is -1.36. The first-order valence-corrected chi connectivity index (χ1v) is 9.65. The van der Waals surface area contributed by atoms with Crippen LogP contribution >= 0.6 is 0 Å². The number of benzene rings is 1. The molecule has 128 valence electrons. The van der Waals surface area contributed by atoms with Gasteiger partial charge in [0.15, 0.2) is 9.84 Å². The van der Waals surface area contributed by atoms with Gasteiger partial charge in [0.05, 0.1) is 18.6 Å². The Balaban J connectivity index is 1.82. The number of sulfone groups is 1. The predicted octanol–water partition coefficient (Wildman–Crippen LogP) is 1.53. The number of hydrogen-bond donors (Lipinski definition) is 1. The number of anilines is 1. The van der Waals surface area contributed by atoms with Crippen molar-refractivity contribution in [2.45, 2.75) is 25.8 Å². The van der Waals surface area contributed by atoms with Crippen LogP contribution in [0.2, 0.25) is 0 Å². The lowest BCUT2D eigenvalue weighted by atomic mass is 10.2. The number of methoxy groups -OCH3 is 1. The number of carbonyl (C=O) groups excluding carboxylic acids is 1. The zero-order valence-corrected chi connectivity index (χ0v) is 14.4. The molecule has 1 aliphatic rings. The normalized spacial score (nSPS) is 19.3. The Kier molecular flexibility index (Phi) is 5.87. The van der Waals surface area contributed by atoms with Gasteiger partial charge in [0.1, 0.15) is 5.75 Å². The summed E-state index contributed by atoms with van der Waals surface area (Å²) in [4.78, 5) is 14.0. The van der Waals surface area contributed by atoms with Crippen LogP contribution in [0.4, 0.5) is 5.69 Å². The minimum Gasteiger partial charge on any atom is -0.497 e. The summed E-state index contributed by atoms with van der Waals surface area (Å²) in [6, 6.07) is 7.32. The van der Waals surface area contributed by atoms with Crippen molar-refractivity contribution >= 4 is 21.4 Å². The third-order valence-corrected chi connectivity index (χ3v) is 5.82. The van der Waals surface area contributed by atoms with E-state index in [0.717, 1.165) is 11.4 Å². The topological polar surface area (TPSA) is 75.7 Å². The molecule has 1 unspecified atom stereocenters. The highest BCUT2D eigenvalue weighted by molar-refractivity contribution is 7.91. The number of nitrogens with one attached hydrogen (secondary N) is 1. The average Bonchev–Trinajstić information content (AvgIpc) is 2.88. The predicted molar refractivity (Wildman–Crippen MR) is 90.5 cm³/mol. The SMILES string of the molecule is CCN(C(=O)CCNc1ccc(OC)cc1)C1CCS(=O)(=O)C1. The molecule has 2 rings (SSSR count). The Labute approximate surface area is 137 Å². The molecule has 1 atom stereocenters. The van der Waals surface area contributed by atoms with Crippen molar-refractivity contribution in [2.75, 3.05) is 37.0 Å². The van der Waals surface area contributed by atoms with Crippen molar-refractivity contribution in [3.8, 4) is 5.75 Å². The summed E-state index contributed by atoms with van der Waals surface area (Å²) in [6.07, 6.45) is 0.893. The molecule has 1 N–H and O–H groups in total. The molecule has 0 radical (unpaired) electrons. The monoisotopic (exact) mass is 340 g/mol. The van der Waals surface area contributed by atoms with E-state index < -0.39 is 9.84 Å². The molecular formula is C16H24N2O4S. The maximum Gasteiger partial charge on any atom is 0.224 e. The third kappa shape index (κ3) is 4.86. The van der Waals surface area contributed by atoms with Crippen molar-refractivity contribution in [3.63, 3.8) is 0 Å². The molecule has 7 heteroatoms. The molecule has 1 aliphatic heterocycles. The second-order valence-electron chi connectivity index (χ2n) is 5.64. The molecule has 0 saturated carbocycles. The lowest BCUT2D eigenvalue weighted by Gasteiger charge is -2.27. The van der Waals surface area contributed by atoms with Gasteiger partial charge in [0.2, 0.25) is 5.91 Å². The van der Waals surface area contributed by atoms with Crippen molar-refractivity contribution in [1.82, 2.24) is 4.90 Å². The van der Waals surface area contributed by atoms with Gasteiger partial charge in [0, 0.05) is 31.2 Å². The van der Waals surface area contributed by atoms with Crippen molar-refractivity contribution in [3.05, 3.63) is 24.3 Å². The molecule has 23 heavy (non-hydrogen) atoms. The van der Waals surface area contributed by atoms with E-state index in [2.05, 4.69) is 5.32 Å². The molecule has 1 aromatic carbocycles. The third-order valence-electron chi connectivity index (χ3n) is 4.07. The maximum absolute atomic E-state index is 12.3. The number of carbonyl (C=O) groups is 1. The maximum atomic E-state index is 12.3. The van der Waals surface area contributed by atoms with Crippen LogP contribution in [0.25, 0.3) is 0 Å². The number of rotatable bonds is 7. The molecule has 0 aromatic heterocycles. The van der Waals surface area contributed by atoms with Crippen LogP contribution in [-0.4, -0.2) is 57.0 Å². The summed E-state index contributed by atoms with van der Waals surface area (Å²) in [5.74, 6) is 1.06. The smallest absolute Gasteiger partial charge is 0.224 e. The first-order valence-electron chi connectivity index (χ1n) is 7.83. The van der Waals surface area contributed by atoms with E-state index in [-0.39, 0.29) is 23.5 Å². The van der Waals surface area contributed by atoms with E-state index in [1.165, 1.54) is 0 Å². The van der Waals surface area contributed by atoms with Crippen molar-refractivity contribution in [1.29, 1.82) is 0 Å². The second kappa shape index (κ2) is 7.68. The molecule has 6 nitrogen and oxygen atoms in total. The van der Waals surface area contributed by atoms with Crippen molar-refractivity contribution in [2.24, 2.45) is 0 Å². The van der Waals surface area contributed by atoms with Crippen LogP contribution < -0.4 is 10.1 Å². The van der Waals surface area contributed by atoms with Crippen LogP contribution in [0.1, 0.15) is 19.8 Å². The standard InChI is InChI=1S/C16H24N2O4S/c1-3-18(14-9-11-23(20,21)12-14)16(19)8-10-17-13-4-6-15(22-2)7-5-13/h4-7,14,17H,3,8-12H2,1-2H3. The van der Waals surface area contributed by atoms with Crippen LogP contribution in [0, 0.1) is 0 Å². The fraction of sp³-hybridized carbons (Fsp3) is 0.562. The molecule has 1 amide bonds. The van der Waals surface area contributed by atoms with Gasteiger partial charge in [-0.2, -0.15) is 0 Å². The number of hydrogen-bond acceptors (Lipinski definition) is 5. The molecule has 0 bridgehead atoms. The summed E-state index contributed by atoms with van der Waals surface area (Å²) in [5.41, 5.74) is 0.921. The first kappa shape index (κ1) is 17.6. The van der Waals surface area contributed by atoms with Crippen LogP contribution in [0.15, 0.2) is 24.3 Å². The molecule has 1 saturated heterocycles. The molecule has 1 heterocycles. The van der Waals surface area contributed by atoms with Crippen LogP contribution in [0.3, 0.4) is 0 Å². The molecule has 0 spiro atoms. The number of nitrogens with zero attached hydrogens (tertiary/aromatic N) is 1. The van der Waals surface area contributed by atoms with E-state index in [9.17, 15) is 13.2 Å². The lowest BCUT2D eigenvalue weighted by molar-refractivity contribution is -0.132. The Morgan fingerprint density at radius 2 is 2.04 bits per heavy atom. The highest BCUT2D eigenvalue weighted by atomic mass is 32.2. The highest BCUT2D eigenvalue weighted by Gasteiger charge is 2.33. The van der Waals surface area contributed by atoms with Gasteiger partial charge in [0.25, 0.3) is 0 Å². The largest absolute Gasteiger partial charge is 0.497 e. The molecular weight excluding hydrogens is 316 g/mol. The van der Waals surface area contributed by atoms with Gasteiger partial charge in [-0.15, -0.1) is 0 Å². The lowest BCUT2D eigenvalue weighted by Crippen LogP contribution is -2.41. The van der Waals surface area contributed by atoms with Gasteiger partial charge in [-0.25, -0.2) is 8.42 Å². The second-order valence-corrected chi connectivity index (χ2v) is 7.87. The van der Waals surface area contributed by atoms with Crippen LogP contribution in [-0.2, 0) is 14.6 Å². The van der Waals surface area contributed by atoms with Crippen molar-refractivity contribution < 1.29 is 17.9 Å². The quantitative estimate of drug-likeness (QED) is 0.815. The summed E-state index contributed by atoms with van der Waals surface area (Å²) in [6.45, 7) is 2.95. The fourth-order valence-corrected chi connectivity index (χ4v) is 4.56. The Morgan fingerprint density at radius 1 is 1.35 bits per heavy atom. The summed E-state index contributed by atoms with van der Waals surface area (Å²) >= 11 is 0. The fourth-order valence-electron chi connectivity index (χ4n) is 2.83. The van der Waals surface area contributed by atoms with Gasteiger partial charge in [-0.05, 0) is 37.6 Å². The molecule has 0 aliphatic carbocycles. The van der Waals surface area contributed by atoms with E-state index >= 15 is 0 Å². The average molecular weight is 340 g/mol. The van der Waals surface area contributed by atoms with E-state index in [0.29, 0.717) is 25.9 Å². The Bertz CT molecular complexity index is 628. The first-order chi connectivity index (χ1) is 10.9. The van der Waals surface area contributed by atoms with Crippen LogP contribution in [0.5, 0.6) is 5.75 Å². The summed E-state index contributed by atoms with van der Waals surface area (Å²) < 4.78 is 28.2. The zero-order valence-electron chi connectivity index (χ0n) is 13.6. The molecule has 1 aromatic rings. The molecule has 1 fully saturated rings. The Morgan fingerprint density at radius 3 is 2.57 bits per heavy atom. The van der Waals surface area contributed by atoms with E-state index in [4.69, 9.17) is 4.74 Å². The van der Waals surface area contributed by atoms with Gasteiger partial charge < -0.3 is 15.0 Å². The van der Waals surface area contributed by atoms with E-state index in [1.54, 1.807) is 12.0 Å². The minimum atomic E-state index is -2.98. The minimum absolute atomic E-state index is 0.00406. The number of ether oxygens (including phenoxy) is 1.